The summed E-state index contributed by atoms with van der Waals surface area (Å²) in [6.45, 7) is 8.14. The molecule has 11 amide bonds. The molecule has 2 fully saturated rings. The maximum absolute atomic E-state index is 14.5. The first-order valence-corrected chi connectivity index (χ1v) is 24.1. The Morgan fingerprint density at radius 3 is 2.06 bits per heavy atom. The number of nitrogens with zero attached hydrogens (tertiary/aromatic N) is 1. The SMILES string of the molecule is CCC(C)[C@H]1NC(=O)[C@H](Cc2ccc(OC)cc2)NC(=O)CCCSC[C@@H](C(=O)N2CCC[C@H]2C(=O)N[C@H](C(=O)NCC(N)=O)C(C)(C)C)NC(=O)[C@H](CC(N)=O)NC(=O)[C@@H](CCC(N)=O)NC1=O. The number of nitrogens with two attached hydrogens (primary N) is 3. The van der Waals surface area contributed by atoms with Crippen molar-refractivity contribution in [3.63, 3.8) is 0 Å². The summed E-state index contributed by atoms with van der Waals surface area (Å²) in [7, 11) is 1.50. The minimum Gasteiger partial charge on any atom is -0.497 e. The zero-order chi connectivity index (χ0) is 51.6. The molecule has 1 aromatic carbocycles. The van der Waals surface area contributed by atoms with E-state index in [-0.39, 0.29) is 50.2 Å². The van der Waals surface area contributed by atoms with Crippen LogP contribution in [0.2, 0.25) is 0 Å². The normalized spacial score (nSPS) is 23.3. The Morgan fingerprint density at radius 2 is 1.46 bits per heavy atom. The predicted molar refractivity (Wildman–Crippen MR) is 253 cm³/mol. The maximum Gasteiger partial charge on any atom is 0.246 e. The highest BCUT2D eigenvalue weighted by atomic mass is 32.2. The van der Waals surface area contributed by atoms with Crippen LogP contribution in [-0.4, -0.2) is 144 Å². The van der Waals surface area contributed by atoms with Crippen LogP contribution in [0.1, 0.15) is 91.5 Å². The highest BCUT2D eigenvalue weighted by Crippen LogP contribution is 2.24. The predicted octanol–water partition coefficient (Wildman–Crippen LogP) is -2.50. The number of primary amides is 3. The molecular formula is C45H69N11O12S. The van der Waals surface area contributed by atoms with Gasteiger partial charge >= 0.3 is 0 Å². The first kappa shape index (κ1) is 56.9. The van der Waals surface area contributed by atoms with Gasteiger partial charge in [-0.25, -0.2) is 0 Å². The number of likely N-dealkylation sites (tertiary alicyclic amines) is 1. The van der Waals surface area contributed by atoms with Gasteiger partial charge in [0.1, 0.15) is 48.0 Å². The summed E-state index contributed by atoms with van der Waals surface area (Å²) in [4.78, 5) is 148. The zero-order valence-corrected chi connectivity index (χ0v) is 40.9. The fourth-order valence-electron chi connectivity index (χ4n) is 7.60. The summed E-state index contributed by atoms with van der Waals surface area (Å²) >= 11 is 1.18. The van der Waals surface area contributed by atoms with E-state index < -0.39 is 138 Å². The number of amides is 11. The van der Waals surface area contributed by atoms with Gasteiger partial charge in [0.05, 0.1) is 20.1 Å². The van der Waals surface area contributed by atoms with Gasteiger partial charge in [0, 0.05) is 31.6 Å². The number of hydrogen-bond acceptors (Lipinski definition) is 13. The molecule has 2 saturated heterocycles. The lowest BCUT2D eigenvalue weighted by molar-refractivity contribution is -0.142. The van der Waals surface area contributed by atoms with Gasteiger partial charge in [0.2, 0.25) is 65.0 Å². The monoisotopic (exact) mass is 987 g/mol. The second-order valence-electron chi connectivity index (χ2n) is 18.3. The molecular weight excluding hydrogens is 919 g/mol. The molecule has 69 heavy (non-hydrogen) atoms. The van der Waals surface area contributed by atoms with Crippen LogP contribution < -0.4 is 59.2 Å². The van der Waals surface area contributed by atoms with Crippen LogP contribution in [0.3, 0.4) is 0 Å². The third kappa shape index (κ3) is 18.2. The number of nitrogens with one attached hydrogen (secondary N) is 7. The number of hydrogen-bond donors (Lipinski definition) is 10. The summed E-state index contributed by atoms with van der Waals surface area (Å²) in [5, 5.41) is 18.2. The number of carbonyl (C=O) groups is 11. The first-order valence-electron chi connectivity index (χ1n) is 22.9. The highest BCUT2D eigenvalue weighted by molar-refractivity contribution is 7.99. The Bertz CT molecular complexity index is 2050. The molecule has 2 aliphatic rings. The molecule has 0 saturated carbocycles. The van der Waals surface area contributed by atoms with Crippen molar-refractivity contribution in [2.24, 2.45) is 28.5 Å². The van der Waals surface area contributed by atoms with E-state index in [2.05, 4.69) is 37.2 Å². The second kappa shape index (κ2) is 26.9. The largest absolute Gasteiger partial charge is 0.497 e. The van der Waals surface area contributed by atoms with Crippen molar-refractivity contribution in [2.75, 3.05) is 31.7 Å². The molecule has 382 valence electrons. The molecule has 0 aliphatic carbocycles. The van der Waals surface area contributed by atoms with E-state index in [1.165, 1.54) is 23.8 Å². The van der Waals surface area contributed by atoms with Crippen LogP contribution in [0.4, 0.5) is 0 Å². The van der Waals surface area contributed by atoms with Gasteiger partial charge < -0.3 is 64.1 Å². The third-order valence-corrected chi connectivity index (χ3v) is 12.8. The molecule has 3 rings (SSSR count). The van der Waals surface area contributed by atoms with Crippen molar-refractivity contribution in [3.8, 4) is 5.75 Å². The second-order valence-corrected chi connectivity index (χ2v) is 19.4. The molecule has 1 unspecified atom stereocenters. The van der Waals surface area contributed by atoms with Crippen LogP contribution in [0.5, 0.6) is 5.75 Å². The lowest BCUT2D eigenvalue weighted by Crippen LogP contribution is -2.61. The summed E-state index contributed by atoms with van der Waals surface area (Å²) in [6, 6.07) is -2.52. The molecule has 2 heterocycles. The fraction of sp³-hybridized carbons (Fsp3) is 0.622. The Balaban J connectivity index is 2.03. The van der Waals surface area contributed by atoms with Crippen molar-refractivity contribution in [3.05, 3.63) is 29.8 Å². The van der Waals surface area contributed by atoms with Crippen molar-refractivity contribution >= 4 is 76.7 Å². The Labute approximate surface area is 405 Å². The molecule has 24 heteroatoms. The van der Waals surface area contributed by atoms with Crippen LogP contribution >= 0.6 is 11.8 Å². The van der Waals surface area contributed by atoms with Crippen molar-refractivity contribution in [1.82, 2.24) is 42.1 Å². The molecule has 8 atom stereocenters. The van der Waals surface area contributed by atoms with E-state index >= 15 is 0 Å². The standard InChI is InChI=1S/C45H69N11O12S/c1-7-24(2)36-42(65)51-27(16-17-32(46)57)38(61)52-29(21-33(47)58)39(62)53-30(23-69-19-9-11-35(60)50-28(40(63)54-36)20-25-12-14-26(68-6)15-13-25)44(67)56-18-8-10-31(56)41(64)55-37(45(3,4)5)43(66)49-22-34(48)59/h12-15,24,27-31,36-37H,7-11,16-23H2,1-6H3,(H2,46,57)(H2,47,58)(H2,48,59)(H,49,66)(H,50,60)(H,51,65)(H,52,61)(H,53,62)(H,54,63)(H,55,64)/t24?,27-,28+,29+,30+,31+,36-,37-/m1/s1. The van der Waals surface area contributed by atoms with Crippen molar-refractivity contribution < 1.29 is 57.5 Å². The van der Waals surface area contributed by atoms with E-state index in [1.807, 2.05) is 0 Å². The van der Waals surface area contributed by atoms with Crippen molar-refractivity contribution in [1.29, 1.82) is 0 Å². The van der Waals surface area contributed by atoms with Gasteiger partial charge in [-0.05, 0) is 60.5 Å². The molecule has 0 radical (unpaired) electrons. The van der Waals surface area contributed by atoms with E-state index in [1.54, 1.807) is 58.9 Å². The first-order chi connectivity index (χ1) is 32.4. The summed E-state index contributed by atoms with van der Waals surface area (Å²) in [5.74, 6) is -8.62. The minimum atomic E-state index is -1.72. The fourth-order valence-corrected chi connectivity index (χ4v) is 8.58. The van der Waals surface area contributed by atoms with Crippen LogP contribution in [-0.2, 0) is 59.2 Å². The zero-order valence-electron chi connectivity index (χ0n) is 40.1. The number of rotatable bonds is 16. The maximum atomic E-state index is 14.5. The van der Waals surface area contributed by atoms with Crippen LogP contribution in [0.15, 0.2) is 24.3 Å². The van der Waals surface area contributed by atoms with E-state index in [9.17, 15) is 52.7 Å². The van der Waals surface area contributed by atoms with Crippen LogP contribution in [0.25, 0.3) is 0 Å². The Hall–Kier alpha value is -6.46. The summed E-state index contributed by atoms with van der Waals surface area (Å²) in [6.07, 6.45) is -0.405. The van der Waals surface area contributed by atoms with Gasteiger partial charge in [-0.1, -0.05) is 53.2 Å². The molecule has 23 nitrogen and oxygen atoms in total. The topological polar surface area (TPSA) is 363 Å². The van der Waals surface area contributed by atoms with Gasteiger partial charge in [0.25, 0.3) is 0 Å². The summed E-state index contributed by atoms with van der Waals surface area (Å²) in [5.41, 5.74) is 16.0. The lowest BCUT2D eigenvalue weighted by Gasteiger charge is -2.34. The average Bonchev–Trinajstić information content (AvgIpc) is 3.78. The average molecular weight is 988 g/mol. The quantitative estimate of drug-likeness (QED) is 0.0820. The molecule has 2 aliphatic heterocycles. The number of carbonyl (C=O) groups excluding carboxylic acids is 11. The molecule has 13 N–H and O–H groups in total. The molecule has 1 aromatic rings. The lowest BCUT2D eigenvalue weighted by atomic mass is 9.85. The Kier molecular flexibility index (Phi) is 22.2. The van der Waals surface area contributed by atoms with Gasteiger partial charge in [-0.3, -0.25) is 52.7 Å². The van der Waals surface area contributed by atoms with E-state index in [4.69, 9.17) is 21.9 Å². The number of benzene rings is 1. The van der Waals surface area contributed by atoms with Crippen LogP contribution in [0, 0.1) is 11.3 Å². The third-order valence-electron chi connectivity index (χ3n) is 11.7. The molecule has 0 aromatic heterocycles. The van der Waals surface area contributed by atoms with Crippen molar-refractivity contribution in [2.45, 2.75) is 135 Å². The highest BCUT2D eigenvalue weighted by Gasteiger charge is 2.42. The number of methoxy groups -OCH3 is 1. The molecule has 0 bridgehead atoms. The van der Waals surface area contributed by atoms with Gasteiger partial charge in [-0.2, -0.15) is 11.8 Å². The smallest absolute Gasteiger partial charge is 0.246 e. The van der Waals surface area contributed by atoms with E-state index in [0.29, 0.717) is 24.2 Å². The van der Waals surface area contributed by atoms with E-state index in [0.717, 1.165) is 0 Å². The summed E-state index contributed by atoms with van der Waals surface area (Å²) < 4.78 is 5.25. The van der Waals surface area contributed by atoms with Gasteiger partial charge in [-0.15, -0.1) is 0 Å². The number of ether oxygens (including phenoxy) is 1. The number of thioether (sulfide) groups is 1. The minimum absolute atomic E-state index is 0.0222. The Morgan fingerprint density at radius 1 is 0.826 bits per heavy atom. The molecule has 0 spiro atoms. The van der Waals surface area contributed by atoms with Gasteiger partial charge in [0.15, 0.2) is 0 Å².